The zero-order chi connectivity index (χ0) is 14.3. The highest BCUT2D eigenvalue weighted by Gasteiger charge is 2.28. The number of amides is 1. The third-order valence-corrected chi connectivity index (χ3v) is 4.41. The van der Waals surface area contributed by atoms with Gasteiger partial charge in [0.05, 0.1) is 13.0 Å². The van der Waals surface area contributed by atoms with Crippen LogP contribution in [0.1, 0.15) is 16.7 Å². The van der Waals surface area contributed by atoms with Crippen LogP contribution in [0.15, 0.2) is 40.9 Å². The van der Waals surface area contributed by atoms with Crippen molar-refractivity contribution in [3.05, 3.63) is 57.6 Å². The molecule has 0 aromatic heterocycles. The monoisotopic (exact) mass is 330 g/mol. The van der Waals surface area contributed by atoms with Gasteiger partial charge in [-0.25, -0.2) is 0 Å². The van der Waals surface area contributed by atoms with Gasteiger partial charge in [-0.3, -0.25) is 4.79 Å². The van der Waals surface area contributed by atoms with Crippen LogP contribution in [0.25, 0.3) is 0 Å². The number of nitrogen functional groups attached to an aromatic ring is 1. The summed E-state index contributed by atoms with van der Waals surface area (Å²) in [5.74, 6) is 0.126. The Hall–Kier alpha value is -1.81. The third kappa shape index (κ3) is 2.20. The number of rotatable bonds is 2. The molecular formula is C16H15BrN2O. The molecule has 0 bridgehead atoms. The molecule has 0 saturated carbocycles. The Kier molecular flexibility index (Phi) is 3.26. The second kappa shape index (κ2) is 4.94. The van der Waals surface area contributed by atoms with Crippen molar-refractivity contribution in [2.75, 3.05) is 10.6 Å². The minimum absolute atomic E-state index is 0.126. The Morgan fingerprint density at radius 2 is 2.05 bits per heavy atom. The lowest BCUT2D eigenvalue weighted by atomic mass is 10.1. The molecule has 0 radical (unpaired) electrons. The van der Waals surface area contributed by atoms with Crippen LogP contribution >= 0.6 is 15.9 Å². The van der Waals surface area contributed by atoms with Gasteiger partial charge in [0, 0.05) is 15.8 Å². The van der Waals surface area contributed by atoms with Gasteiger partial charge >= 0.3 is 0 Å². The van der Waals surface area contributed by atoms with E-state index >= 15 is 0 Å². The molecular weight excluding hydrogens is 316 g/mol. The Bertz CT molecular complexity index is 697. The maximum atomic E-state index is 12.2. The first-order valence-corrected chi connectivity index (χ1v) is 7.28. The molecule has 0 spiro atoms. The number of fused-ring (bicyclic) bond motifs is 1. The molecule has 4 heteroatoms. The smallest absolute Gasteiger partial charge is 0.231 e. The van der Waals surface area contributed by atoms with Crippen molar-refractivity contribution in [3.8, 4) is 0 Å². The number of carbonyl (C=O) groups is 1. The summed E-state index contributed by atoms with van der Waals surface area (Å²) < 4.78 is 0.849. The first kappa shape index (κ1) is 13.2. The average molecular weight is 331 g/mol. The maximum Gasteiger partial charge on any atom is 0.231 e. The van der Waals surface area contributed by atoms with Crippen molar-refractivity contribution in [1.82, 2.24) is 0 Å². The molecule has 0 unspecified atom stereocenters. The van der Waals surface area contributed by atoms with Crippen LogP contribution in [0, 0.1) is 6.92 Å². The fraction of sp³-hybridized carbons (Fsp3) is 0.188. The molecule has 1 aliphatic heterocycles. The summed E-state index contributed by atoms with van der Waals surface area (Å²) in [6.45, 7) is 2.66. The Balaban J connectivity index is 1.99. The van der Waals surface area contributed by atoms with Crippen molar-refractivity contribution in [3.63, 3.8) is 0 Å². The summed E-state index contributed by atoms with van der Waals surface area (Å²) in [4.78, 5) is 14.1. The zero-order valence-electron chi connectivity index (χ0n) is 11.2. The number of nitrogens with two attached hydrogens (primary N) is 1. The van der Waals surface area contributed by atoms with Crippen LogP contribution in [-0.4, -0.2) is 5.91 Å². The lowest BCUT2D eigenvalue weighted by molar-refractivity contribution is -0.117. The molecule has 2 aromatic carbocycles. The van der Waals surface area contributed by atoms with Gasteiger partial charge in [-0.2, -0.15) is 0 Å². The number of nitrogens with zero attached hydrogens (tertiary/aromatic N) is 1. The highest BCUT2D eigenvalue weighted by molar-refractivity contribution is 9.10. The topological polar surface area (TPSA) is 46.3 Å². The number of carbonyl (C=O) groups excluding carboxylic acids is 1. The molecule has 0 atom stereocenters. The predicted molar refractivity (Wildman–Crippen MR) is 84.6 cm³/mol. The van der Waals surface area contributed by atoms with Crippen molar-refractivity contribution in [1.29, 1.82) is 0 Å². The standard InChI is InChI=1S/C16H15BrN2O/c1-10-4-2-3-5-11(10)9-19-15-8-14(18)13(17)6-12(15)7-16(19)20/h2-6,8H,7,9,18H2,1H3. The summed E-state index contributed by atoms with van der Waals surface area (Å²) in [6, 6.07) is 12.0. The summed E-state index contributed by atoms with van der Waals surface area (Å²) in [5.41, 5.74) is 10.9. The van der Waals surface area contributed by atoms with Gasteiger partial charge in [0.25, 0.3) is 0 Å². The lowest BCUT2D eigenvalue weighted by Gasteiger charge is -2.19. The third-order valence-electron chi connectivity index (χ3n) is 3.72. The fourth-order valence-electron chi connectivity index (χ4n) is 2.54. The molecule has 0 fully saturated rings. The summed E-state index contributed by atoms with van der Waals surface area (Å²) in [6.07, 6.45) is 0.445. The van der Waals surface area contributed by atoms with Gasteiger partial charge in [-0.15, -0.1) is 0 Å². The quantitative estimate of drug-likeness (QED) is 0.857. The molecule has 1 aliphatic rings. The minimum atomic E-state index is 0.126. The van der Waals surface area contributed by atoms with Gasteiger partial charge in [0.2, 0.25) is 5.91 Å². The van der Waals surface area contributed by atoms with E-state index in [1.807, 2.05) is 29.2 Å². The normalized spacial score (nSPS) is 13.7. The van der Waals surface area contributed by atoms with Crippen molar-refractivity contribution in [2.24, 2.45) is 0 Å². The highest BCUT2D eigenvalue weighted by atomic mass is 79.9. The SMILES string of the molecule is Cc1ccccc1CN1C(=O)Cc2cc(Br)c(N)cc21. The Morgan fingerprint density at radius 1 is 1.30 bits per heavy atom. The second-order valence-electron chi connectivity index (χ2n) is 5.09. The Morgan fingerprint density at radius 3 is 2.80 bits per heavy atom. The first-order valence-electron chi connectivity index (χ1n) is 6.49. The van der Waals surface area contributed by atoms with E-state index in [1.54, 1.807) is 0 Å². The molecule has 3 nitrogen and oxygen atoms in total. The molecule has 2 aromatic rings. The number of halogens is 1. The molecule has 0 saturated heterocycles. The summed E-state index contributed by atoms with van der Waals surface area (Å²) in [5, 5.41) is 0. The van der Waals surface area contributed by atoms with Gasteiger partial charge in [-0.1, -0.05) is 24.3 Å². The number of hydrogen-bond donors (Lipinski definition) is 1. The van der Waals surface area contributed by atoms with Crippen LogP contribution < -0.4 is 10.6 Å². The van der Waals surface area contributed by atoms with Crippen LogP contribution in [0.3, 0.4) is 0 Å². The number of anilines is 2. The summed E-state index contributed by atoms with van der Waals surface area (Å²) >= 11 is 3.41. The molecule has 0 aliphatic carbocycles. The number of benzene rings is 2. The largest absolute Gasteiger partial charge is 0.398 e. The second-order valence-corrected chi connectivity index (χ2v) is 5.94. The molecule has 1 heterocycles. The molecule has 2 N–H and O–H groups in total. The molecule has 20 heavy (non-hydrogen) atoms. The van der Waals surface area contributed by atoms with Crippen molar-refractivity contribution < 1.29 is 4.79 Å². The van der Waals surface area contributed by atoms with E-state index in [-0.39, 0.29) is 5.91 Å². The van der Waals surface area contributed by atoms with Gasteiger partial charge in [0.15, 0.2) is 0 Å². The predicted octanol–water partition coefficient (Wildman–Crippen LogP) is 3.43. The van der Waals surface area contributed by atoms with Crippen LogP contribution in [0.4, 0.5) is 11.4 Å². The van der Waals surface area contributed by atoms with Gasteiger partial charge in [0.1, 0.15) is 0 Å². The summed E-state index contributed by atoms with van der Waals surface area (Å²) in [7, 11) is 0. The van der Waals surface area contributed by atoms with E-state index < -0.39 is 0 Å². The first-order chi connectivity index (χ1) is 9.56. The van der Waals surface area contributed by atoms with Crippen LogP contribution in [0.2, 0.25) is 0 Å². The lowest BCUT2D eigenvalue weighted by Crippen LogP contribution is -2.26. The van der Waals surface area contributed by atoms with E-state index in [2.05, 4.69) is 35.0 Å². The molecule has 102 valence electrons. The highest BCUT2D eigenvalue weighted by Crippen LogP contribution is 2.36. The van der Waals surface area contributed by atoms with Crippen LogP contribution in [0.5, 0.6) is 0 Å². The van der Waals surface area contributed by atoms with E-state index in [0.717, 1.165) is 21.3 Å². The fourth-order valence-corrected chi connectivity index (χ4v) is 2.93. The zero-order valence-corrected chi connectivity index (χ0v) is 12.8. The number of hydrogen-bond acceptors (Lipinski definition) is 2. The maximum absolute atomic E-state index is 12.2. The van der Waals surface area contributed by atoms with Crippen LogP contribution in [-0.2, 0) is 17.8 Å². The minimum Gasteiger partial charge on any atom is -0.398 e. The Labute approximate surface area is 126 Å². The van der Waals surface area contributed by atoms with E-state index in [0.29, 0.717) is 18.7 Å². The number of aryl methyl sites for hydroxylation is 1. The molecule has 3 rings (SSSR count). The average Bonchev–Trinajstić information content (AvgIpc) is 2.69. The van der Waals surface area contributed by atoms with Crippen molar-refractivity contribution >= 4 is 33.2 Å². The van der Waals surface area contributed by atoms with Gasteiger partial charge < -0.3 is 10.6 Å². The van der Waals surface area contributed by atoms with E-state index in [1.165, 1.54) is 5.56 Å². The van der Waals surface area contributed by atoms with Crippen molar-refractivity contribution in [2.45, 2.75) is 19.9 Å². The molecule has 1 amide bonds. The van der Waals surface area contributed by atoms with E-state index in [9.17, 15) is 4.79 Å². The van der Waals surface area contributed by atoms with Gasteiger partial charge in [-0.05, 0) is 51.7 Å². The van der Waals surface area contributed by atoms with E-state index in [4.69, 9.17) is 5.73 Å².